The minimum atomic E-state index is -4.18. The van der Waals surface area contributed by atoms with Gasteiger partial charge in [-0.25, -0.2) is 0 Å². The van der Waals surface area contributed by atoms with Crippen molar-refractivity contribution in [1.82, 2.24) is 0 Å². The van der Waals surface area contributed by atoms with Crippen molar-refractivity contribution in [3.8, 4) is 0 Å². The van der Waals surface area contributed by atoms with Crippen molar-refractivity contribution in [1.29, 1.82) is 0 Å². The Morgan fingerprint density at radius 2 is 2.00 bits per heavy atom. The molecule has 0 aliphatic rings. The van der Waals surface area contributed by atoms with Crippen LogP contribution in [-0.4, -0.2) is 54.4 Å². The normalized spacial score (nSPS) is 10.2. The molecule has 12 heavy (non-hydrogen) atoms. The van der Waals surface area contributed by atoms with Gasteiger partial charge in [0.15, 0.2) is 0 Å². The van der Waals surface area contributed by atoms with Gasteiger partial charge < -0.3 is 4.74 Å². The Bertz CT molecular complexity index is 222. The second kappa shape index (κ2) is 6.85. The first-order valence-electron chi connectivity index (χ1n) is 3.06. The maximum absolute atomic E-state index is 10.5. The van der Waals surface area contributed by atoms with Gasteiger partial charge in [0.05, 0.1) is 0 Å². The molecular formula is C5H11NaO5S. The van der Waals surface area contributed by atoms with E-state index in [1.807, 2.05) is 0 Å². The molecule has 0 bridgehead atoms. The van der Waals surface area contributed by atoms with E-state index in [1.54, 1.807) is 6.92 Å². The summed E-state index contributed by atoms with van der Waals surface area (Å²) in [4.78, 5) is 10.5. The third-order valence-corrected chi connectivity index (χ3v) is 1.24. The molecule has 0 heterocycles. The summed E-state index contributed by atoms with van der Waals surface area (Å²) in [5.74, 6) is -1.57. The van der Waals surface area contributed by atoms with Crippen molar-refractivity contribution >= 4 is 45.6 Å². The predicted octanol–water partition coefficient (Wildman–Crippen LogP) is -0.474. The van der Waals surface area contributed by atoms with Crippen LogP contribution >= 0.6 is 0 Å². The zero-order valence-electron chi connectivity index (χ0n) is 6.11. The SMILES string of the molecule is CCCC(=O)OCS(=O)(=O)O.[NaH]. The molecular weight excluding hydrogens is 195 g/mol. The molecule has 0 aliphatic carbocycles. The monoisotopic (exact) mass is 206 g/mol. The average Bonchev–Trinajstić information content (AvgIpc) is 1.83. The van der Waals surface area contributed by atoms with E-state index in [-0.39, 0.29) is 36.0 Å². The van der Waals surface area contributed by atoms with Crippen molar-refractivity contribution in [3.05, 3.63) is 0 Å². The standard InChI is InChI=1S/C5H10O5S.Na.H/c1-2-3-5(6)10-4-11(7,8)9;;/h2-4H2,1H3,(H,7,8,9);;. The van der Waals surface area contributed by atoms with Crippen LogP contribution in [0.4, 0.5) is 0 Å². The van der Waals surface area contributed by atoms with E-state index in [0.717, 1.165) is 0 Å². The number of carbonyl (C=O) groups is 1. The van der Waals surface area contributed by atoms with E-state index in [0.29, 0.717) is 6.42 Å². The molecule has 5 nitrogen and oxygen atoms in total. The van der Waals surface area contributed by atoms with E-state index in [1.165, 1.54) is 0 Å². The Morgan fingerprint density at radius 1 is 1.50 bits per heavy atom. The Labute approximate surface area is 93.5 Å². The zero-order valence-corrected chi connectivity index (χ0v) is 6.93. The van der Waals surface area contributed by atoms with Crippen molar-refractivity contribution in [2.75, 3.05) is 5.94 Å². The minimum absolute atomic E-state index is 0. The first-order valence-corrected chi connectivity index (χ1v) is 4.67. The summed E-state index contributed by atoms with van der Waals surface area (Å²) in [6.07, 6.45) is 0.750. The van der Waals surface area contributed by atoms with Crippen LogP contribution in [0.3, 0.4) is 0 Å². The molecule has 0 amide bonds. The zero-order chi connectivity index (χ0) is 8.91. The fourth-order valence-electron chi connectivity index (χ4n) is 0.416. The number of ether oxygens (including phenoxy) is 1. The average molecular weight is 206 g/mol. The fourth-order valence-corrected chi connectivity index (χ4v) is 0.697. The molecule has 68 valence electrons. The van der Waals surface area contributed by atoms with E-state index in [9.17, 15) is 13.2 Å². The van der Waals surface area contributed by atoms with Gasteiger partial charge in [0.1, 0.15) is 0 Å². The van der Waals surface area contributed by atoms with Gasteiger partial charge in [-0.3, -0.25) is 9.35 Å². The third kappa shape index (κ3) is 10.4. The number of hydrogen-bond donors (Lipinski definition) is 1. The third-order valence-electron chi connectivity index (χ3n) is 0.823. The molecule has 0 spiro atoms. The predicted molar refractivity (Wildman–Crippen MR) is 44.6 cm³/mol. The molecule has 0 aliphatic heterocycles. The first-order chi connectivity index (χ1) is 4.95. The molecule has 0 saturated heterocycles. The van der Waals surface area contributed by atoms with Crippen LogP contribution in [0.25, 0.3) is 0 Å². The van der Waals surface area contributed by atoms with Crippen molar-refractivity contribution in [3.63, 3.8) is 0 Å². The maximum atomic E-state index is 10.5. The molecule has 0 unspecified atom stereocenters. The molecule has 7 heteroatoms. The molecule has 0 aromatic rings. The van der Waals surface area contributed by atoms with Crippen molar-refractivity contribution in [2.45, 2.75) is 19.8 Å². The van der Waals surface area contributed by atoms with Crippen LogP contribution in [0, 0.1) is 0 Å². The Kier molecular flexibility index (Phi) is 8.49. The van der Waals surface area contributed by atoms with Crippen molar-refractivity contribution in [2.24, 2.45) is 0 Å². The second-order valence-corrected chi connectivity index (χ2v) is 3.37. The topological polar surface area (TPSA) is 80.7 Å². The first kappa shape index (κ1) is 14.9. The van der Waals surface area contributed by atoms with Gasteiger partial charge in [0, 0.05) is 6.42 Å². The molecule has 0 saturated carbocycles. The molecule has 0 aromatic heterocycles. The van der Waals surface area contributed by atoms with E-state index >= 15 is 0 Å². The van der Waals surface area contributed by atoms with Gasteiger partial charge >= 0.3 is 45.6 Å². The summed E-state index contributed by atoms with van der Waals surface area (Å²) in [7, 11) is -4.18. The van der Waals surface area contributed by atoms with Gasteiger partial charge in [-0.05, 0) is 6.42 Å². The van der Waals surface area contributed by atoms with E-state index < -0.39 is 22.0 Å². The number of carbonyl (C=O) groups excluding carboxylic acids is 1. The Morgan fingerprint density at radius 3 is 2.33 bits per heavy atom. The summed E-state index contributed by atoms with van der Waals surface area (Å²) in [5, 5.41) is 0. The number of rotatable bonds is 4. The van der Waals surface area contributed by atoms with Crippen LogP contribution in [0.1, 0.15) is 19.8 Å². The fraction of sp³-hybridized carbons (Fsp3) is 0.800. The molecule has 0 rings (SSSR count). The molecule has 1 N–H and O–H groups in total. The van der Waals surface area contributed by atoms with E-state index in [4.69, 9.17) is 4.55 Å². The van der Waals surface area contributed by atoms with Crippen LogP contribution in [-0.2, 0) is 19.6 Å². The molecule has 0 atom stereocenters. The summed E-state index contributed by atoms with van der Waals surface area (Å²) in [6.45, 7) is 1.76. The van der Waals surface area contributed by atoms with Crippen LogP contribution in [0.5, 0.6) is 0 Å². The molecule has 0 fully saturated rings. The summed E-state index contributed by atoms with van der Waals surface area (Å²) in [5.41, 5.74) is 0. The van der Waals surface area contributed by atoms with Gasteiger partial charge in [0.2, 0.25) is 5.94 Å². The van der Waals surface area contributed by atoms with E-state index in [2.05, 4.69) is 4.74 Å². The van der Waals surface area contributed by atoms with Gasteiger partial charge in [-0.15, -0.1) is 0 Å². The van der Waals surface area contributed by atoms with Gasteiger partial charge in [-0.1, -0.05) is 6.92 Å². The van der Waals surface area contributed by atoms with Crippen LogP contribution in [0.15, 0.2) is 0 Å². The van der Waals surface area contributed by atoms with Crippen LogP contribution in [0.2, 0.25) is 0 Å². The van der Waals surface area contributed by atoms with Gasteiger partial charge in [-0.2, -0.15) is 8.42 Å². The van der Waals surface area contributed by atoms with Gasteiger partial charge in [0.25, 0.3) is 0 Å². The molecule has 0 aromatic carbocycles. The summed E-state index contributed by atoms with van der Waals surface area (Å²) in [6, 6.07) is 0. The van der Waals surface area contributed by atoms with Crippen molar-refractivity contribution < 1.29 is 22.5 Å². The quantitative estimate of drug-likeness (QED) is 0.382. The Hall–Kier alpha value is 0.380. The molecule has 0 radical (unpaired) electrons. The summed E-state index contributed by atoms with van der Waals surface area (Å²) >= 11 is 0. The summed E-state index contributed by atoms with van der Waals surface area (Å²) < 4.78 is 32.3. The Balaban J connectivity index is 0. The number of hydrogen-bond acceptors (Lipinski definition) is 4. The number of esters is 1. The van der Waals surface area contributed by atoms with Crippen LogP contribution < -0.4 is 0 Å². The second-order valence-electron chi connectivity index (χ2n) is 1.97.